The second-order valence-electron chi connectivity index (χ2n) is 5.73. The van der Waals surface area contributed by atoms with Crippen LogP contribution in [-0.4, -0.2) is 10.8 Å². The summed E-state index contributed by atoms with van der Waals surface area (Å²) in [5, 5.41) is 0.942. The number of hydrogen-bond acceptors (Lipinski definition) is 1. The van der Waals surface area contributed by atoms with Crippen molar-refractivity contribution in [3.05, 3.63) is 59.3 Å². The van der Waals surface area contributed by atoms with Gasteiger partial charge in [0.15, 0.2) is 0 Å². The molecule has 1 aromatic heterocycles. The predicted octanol–water partition coefficient (Wildman–Crippen LogP) is 4.80. The van der Waals surface area contributed by atoms with Crippen LogP contribution in [0.3, 0.4) is 0 Å². The van der Waals surface area contributed by atoms with Gasteiger partial charge in [0, 0.05) is 35.9 Å². The van der Waals surface area contributed by atoms with Crippen molar-refractivity contribution in [2.75, 3.05) is 0 Å². The van der Waals surface area contributed by atoms with E-state index in [0.29, 0.717) is 17.7 Å². The highest BCUT2D eigenvalue weighted by Crippen LogP contribution is 2.39. The molecule has 116 valence electrons. The van der Waals surface area contributed by atoms with E-state index in [1.165, 1.54) is 12.1 Å². The van der Waals surface area contributed by atoms with E-state index in [2.05, 4.69) is 4.99 Å². The number of aromatic nitrogens is 1. The predicted molar refractivity (Wildman–Crippen MR) is 84.7 cm³/mol. The lowest BCUT2D eigenvalue weighted by Crippen LogP contribution is -2.07. The van der Waals surface area contributed by atoms with Gasteiger partial charge < -0.3 is 4.57 Å². The van der Waals surface area contributed by atoms with Gasteiger partial charge in [-0.1, -0.05) is 12.1 Å². The Morgan fingerprint density at radius 1 is 1.09 bits per heavy atom. The van der Waals surface area contributed by atoms with Crippen LogP contribution < -0.4 is 0 Å². The average Bonchev–Trinajstić information content (AvgIpc) is 3.12. The number of alkyl halides is 3. The summed E-state index contributed by atoms with van der Waals surface area (Å²) in [5.74, 6) is 0. The van der Waals surface area contributed by atoms with Crippen molar-refractivity contribution in [2.24, 2.45) is 12.0 Å². The minimum atomic E-state index is -4.36. The van der Waals surface area contributed by atoms with E-state index >= 15 is 0 Å². The Bertz CT molecular complexity index is 949. The minimum absolute atomic E-state index is 0.303. The minimum Gasteiger partial charge on any atom is -0.351 e. The van der Waals surface area contributed by atoms with Crippen molar-refractivity contribution in [3.63, 3.8) is 0 Å². The summed E-state index contributed by atoms with van der Waals surface area (Å²) in [6.07, 6.45) is -0.778. The van der Waals surface area contributed by atoms with Crippen LogP contribution in [0.5, 0.6) is 0 Å². The van der Waals surface area contributed by atoms with Gasteiger partial charge in [-0.25, -0.2) is 0 Å². The molecule has 2 nitrogen and oxygen atoms in total. The lowest BCUT2D eigenvalue weighted by molar-refractivity contribution is -0.137. The van der Waals surface area contributed by atoms with Gasteiger partial charge in [0.25, 0.3) is 0 Å². The van der Waals surface area contributed by atoms with Gasteiger partial charge in [0.05, 0.1) is 12.1 Å². The first-order valence-electron chi connectivity index (χ1n) is 7.23. The number of nitrogens with zero attached hydrogens (tertiary/aromatic N) is 2. The summed E-state index contributed by atoms with van der Waals surface area (Å²) in [5.41, 5.74) is 3.18. The SMILES string of the molecule is Cn1ccc2c(-c3cc(C(F)(F)F)cc4c3C=NC4)cccc21. The Morgan fingerprint density at radius 2 is 1.91 bits per heavy atom. The highest BCUT2D eigenvalue weighted by atomic mass is 19.4. The summed E-state index contributed by atoms with van der Waals surface area (Å²) in [4.78, 5) is 4.15. The maximum atomic E-state index is 13.2. The molecule has 0 atom stereocenters. The zero-order chi connectivity index (χ0) is 16.2. The number of aliphatic imine (C=N–C) groups is 1. The quantitative estimate of drug-likeness (QED) is 0.614. The molecule has 0 N–H and O–H groups in total. The molecule has 0 aliphatic carbocycles. The molecule has 0 fully saturated rings. The van der Waals surface area contributed by atoms with Crippen molar-refractivity contribution in [1.29, 1.82) is 0 Å². The summed E-state index contributed by atoms with van der Waals surface area (Å²) in [7, 11) is 1.92. The van der Waals surface area contributed by atoms with Crippen LogP contribution in [0.1, 0.15) is 16.7 Å². The van der Waals surface area contributed by atoms with Crippen molar-refractivity contribution in [1.82, 2.24) is 4.57 Å². The number of benzene rings is 2. The molecule has 0 saturated carbocycles. The van der Waals surface area contributed by atoms with Gasteiger partial charge >= 0.3 is 6.18 Å². The first-order chi connectivity index (χ1) is 10.9. The fraction of sp³-hybridized carbons (Fsp3) is 0.167. The molecule has 5 heteroatoms. The molecule has 3 aromatic rings. The van der Waals surface area contributed by atoms with E-state index in [1.54, 1.807) is 6.21 Å². The standard InChI is InChI=1S/C18H13F3N2/c1-23-6-5-14-13(3-2-4-17(14)23)15-8-12(18(19,20)21)7-11-9-22-10-16(11)15/h2-8,10H,9H2,1H3. The fourth-order valence-electron chi connectivity index (χ4n) is 3.16. The largest absolute Gasteiger partial charge is 0.416 e. The second kappa shape index (κ2) is 4.72. The van der Waals surface area contributed by atoms with E-state index in [1.807, 2.05) is 42.1 Å². The smallest absolute Gasteiger partial charge is 0.351 e. The summed E-state index contributed by atoms with van der Waals surface area (Å²) < 4.78 is 41.6. The van der Waals surface area contributed by atoms with Crippen LogP contribution in [0.4, 0.5) is 13.2 Å². The van der Waals surface area contributed by atoms with Crippen molar-refractivity contribution < 1.29 is 13.2 Å². The highest BCUT2D eigenvalue weighted by Gasteiger charge is 2.32. The molecule has 0 amide bonds. The molecular weight excluding hydrogens is 301 g/mol. The third-order valence-corrected chi connectivity index (χ3v) is 4.29. The van der Waals surface area contributed by atoms with Gasteiger partial charge in [0.1, 0.15) is 0 Å². The Morgan fingerprint density at radius 3 is 2.70 bits per heavy atom. The first-order valence-corrected chi connectivity index (χ1v) is 7.23. The number of halogens is 3. The van der Waals surface area contributed by atoms with Crippen molar-refractivity contribution in [2.45, 2.75) is 12.7 Å². The monoisotopic (exact) mass is 314 g/mol. The summed E-state index contributed by atoms with van der Waals surface area (Å²) in [6.45, 7) is 0.303. The third-order valence-electron chi connectivity index (χ3n) is 4.29. The maximum absolute atomic E-state index is 13.2. The van der Waals surface area contributed by atoms with E-state index in [-0.39, 0.29) is 0 Å². The third kappa shape index (κ3) is 2.15. The van der Waals surface area contributed by atoms with Gasteiger partial charge in [-0.3, -0.25) is 4.99 Å². The molecule has 1 aliphatic rings. The van der Waals surface area contributed by atoms with Crippen LogP contribution in [0, 0.1) is 0 Å². The van der Waals surface area contributed by atoms with Gasteiger partial charge in [0.2, 0.25) is 0 Å². The van der Waals surface area contributed by atoms with E-state index < -0.39 is 11.7 Å². The molecule has 4 rings (SSSR count). The fourth-order valence-corrected chi connectivity index (χ4v) is 3.16. The van der Waals surface area contributed by atoms with Gasteiger partial charge in [-0.15, -0.1) is 0 Å². The van der Waals surface area contributed by atoms with Gasteiger partial charge in [-0.2, -0.15) is 13.2 Å². The van der Waals surface area contributed by atoms with E-state index in [0.717, 1.165) is 22.0 Å². The molecule has 0 bridgehead atoms. The molecule has 0 spiro atoms. The molecule has 2 heterocycles. The lowest BCUT2D eigenvalue weighted by Gasteiger charge is -2.14. The average molecular weight is 314 g/mol. The van der Waals surface area contributed by atoms with E-state index in [9.17, 15) is 13.2 Å². The molecule has 1 aliphatic heterocycles. The second-order valence-corrected chi connectivity index (χ2v) is 5.73. The zero-order valence-electron chi connectivity index (χ0n) is 12.4. The number of rotatable bonds is 1. The Kier molecular flexibility index (Phi) is 2.88. The lowest BCUT2D eigenvalue weighted by atomic mass is 9.92. The first kappa shape index (κ1) is 14.1. The van der Waals surface area contributed by atoms with Crippen molar-refractivity contribution in [3.8, 4) is 11.1 Å². The number of aryl methyl sites for hydroxylation is 1. The highest BCUT2D eigenvalue weighted by molar-refractivity contribution is 6.02. The molecular formula is C18H13F3N2. The molecule has 0 unspecified atom stereocenters. The van der Waals surface area contributed by atoms with E-state index in [4.69, 9.17) is 0 Å². The normalized spacial score (nSPS) is 13.7. The maximum Gasteiger partial charge on any atom is 0.416 e. The van der Waals surface area contributed by atoms with Crippen LogP contribution in [-0.2, 0) is 19.8 Å². The zero-order valence-corrected chi connectivity index (χ0v) is 12.4. The molecule has 0 radical (unpaired) electrons. The van der Waals surface area contributed by atoms with Gasteiger partial charge in [-0.05, 0) is 41.0 Å². The van der Waals surface area contributed by atoms with Crippen LogP contribution in [0.15, 0.2) is 47.6 Å². The summed E-state index contributed by atoms with van der Waals surface area (Å²) >= 11 is 0. The van der Waals surface area contributed by atoms with Crippen LogP contribution >= 0.6 is 0 Å². The van der Waals surface area contributed by atoms with Crippen LogP contribution in [0.25, 0.3) is 22.0 Å². The van der Waals surface area contributed by atoms with Crippen molar-refractivity contribution >= 4 is 17.1 Å². The number of fused-ring (bicyclic) bond motifs is 2. The Balaban J connectivity index is 2.04. The molecule has 0 saturated heterocycles. The molecule has 23 heavy (non-hydrogen) atoms. The summed E-state index contributed by atoms with van der Waals surface area (Å²) in [6, 6.07) is 10.1. The topological polar surface area (TPSA) is 17.3 Å². The Labute approximate surface area is 130 Å². The van der Waals surface area contributed by atoms with Crippen LogP contribution in [0.2, 0.25) is 0 Å². The number of hydrogen-bond donors (Lipinski definition) is 0. The molecule has 2 aromatic carbocycles. The Hall–Kier alpha value is -2.56.